The van der Waals surface area contributed by atoms with Crippen molar-refractivity contribution in [3.05, 3.63) is 96.1 Å². The van der Waals surface area contributed by atoms with Crippen molar-refractivity contribution in [2.24, 2.45) is 5.10 Å². The van der Waals surface area contributed by atoms with Gasteiger partial charge in [0, 0.05) is 6.42 Å². The highest BCUT2D eigenvalue weighted by Gasteiger charge is 2.29. The Morgan fingerprint density at radius 3 is 2.12 bits per heavy atom. The van der Waals surface area contributed by atoms with Crippen LogP contribution in [0.25, 0.3) is 0 Å². The highest BCUT2D eigenvalue weighted by molar-refractivity contribution is 6.03. The lowest BCUT2D eigenvalue weighted by Crippen LogP contribution is -2.18. The summed E-state index contributed by atoms with van der Waals surface area (Å²) in [6, 6.07) is 29.2. The summed E-state index contributed by atoms with van der Waals surface area (Å²) in [6.07, 6.45) is 0.880. The second kappa shape index (κ2) is 6.81. The molecule has 0 bridgehead atoms. The Hall–Kier alpha value is -3.07. The third kappa shape index (κ3) is 3.13. The van der Waals surface area contributed by atoms with E-state index in [1.807, 2.05) is 24.3 Å². The summed E-state index contributed by atoms with van der Waals surface area (Å²) in [4.78, 5) is 0. The summed E-state index contributed by atoms with van der Waals surface area (Å²) in [6.45, 7) is 0. The van der Waals surface area contributed by atoms with Crippen LogP contribution in [0.5, 0.6) is 5.75 Å². The van der Waals surface area contributed by atoms with Crippen LogP contribution in [0.4, 0.5) is 5.69 Å². The summed E-state index contributed by atoms with van der Waals surface area (Å²) < 4.78 is 5.29. The zero-order chi connectivity index (χ0) is 17.1. The third-order valence-electron chi connectivity index (χ3n) is 4.54. The van der Waals surface area contributed by atoms with Crippen LogP contribution < -0.4 is 9.75 Å². The van der Waals surface area contributed by atoms with Gasteiger partial charge in [0.15, 0.2) is 0 Å². The predicted molar refractivity (Wildman–Crippen MR) is 102 cm³/mol. The van der Waals surface area contributed by atoms with Crippen molar-refractivity contribution < 1.29 is 4.74 Å². The predicted octanol–water partition coefficient (Wildman–Crippen LogP) is 5.05. The lowest BCUT2D eigenvalue weighted by molar-refractivity contribution is 0.414. The van der Waals surface area contributed by atoms with Gasteiger partial charge in [-0.15, -0.1) is 0 Å². The molecule has 1 aliphatic heterocycles. The molecule has 4 rings (SSSR count). The van der Waals surface area contributed by atoms with E-state index < -0.39 is 0 Å². The first-order valence-corrected chi connectivity index (χ1v) is 8.46. The van der Waals surface area contributed by atoms with Crippen LogP contribution in [-0.4, -0.2) is 12.8 Å². The average Bonchev–Trinajstić information content (AvgIpc) is 3.15. The normalized spacial score (nSPS) is 16.6. The molecule has 0 aromatic heterocycles. The minimum atomic E-state index is 0.184. The van der Waals surface area contributed by atoms with Gasteiger partial charge in [-0.3, -0.25) is 5.01 Å². The molecule has 0 spiro atoms. The highest BCUT2D eigenvalue weighted by atomic mass is 16.5. The molecule has 0 aliphatic carbocycles. The second-order valence-electron chi connectivity index (χ2n) is 6.09. The van der Waals surface area contributed by atoms with Gasteiger partial charge in [0.1, 0.15) is 5.75 Å². The Balaban J connectivity index is 1.72. The second-order valence-corrected chi connectivity index (χ2v) is 6.09. The van der Waals surface area contributed by atoms with Gasteiger partial charge in [-0.25, -0.2) is 0 Å². The molecule has 0 N–H and O–H groups in total. The zero-order valence-electron chi connectivity index (χ0n) is 14.2. The van der Waals surface area contributed by atoms with Gasteiger partial charge < -0.3 is 4.74 Å². The van der Waals surface area contributed by atoms with E-state index in [0.717, 1.165) is 23.6 Å². The van der Waals surface area contributed by atoms with Gasteiger partial charge in [0.25, 0.3) is 0 Å². The molecule has 1 heterocycles. The maximum absolute atomic E-state index is 5.29. The lowest BCUT2D eigenvalue weighted by atomic mass is 9.98. The molecule has 0 amide bonds. The van der Waals surface area contributed by atoms with Gasteiger partial charge in [-0.1, -0.05) is 60.7 Å². The SMILES string of the molecule is COc1ccc([C@H]2CC(c3ccccc3)=NN2c2ccccc2)cc1. The fourth-order valence-corrected chi connectivity index (χ4v) is 3.22. The minimum Gasteiger partial charge on any atom is -0.497 e. The number of anilines is 1. The molecule has 3 heteroatoms. The van der Waals surface area contributed by atoms with E-state index in [-0.39, 0.29) is 6.04 Å². The van der Waals surface area contributed by atoms with Crippen molar-refractivity contribution in [2.75, 3.05) is 12.1 Å². The van der Waals surface area contributed by atoms with Crippen LogP contribution in [0.1, 0.15) is 23.6 Å². The minimum absolute atomic E-state index is 0.184. The fraction of sp³-hybridized carbons (Fsp3) is 0.136. The van der Waals surface area contributed by atoms with E-state index in [4.69, 9.17) is 9.84 Å². The van der Waals surface area contributed by atoms with Crippen molar-refractivity contribution in [3.8, 4) is 5.75 Å². The summed E-state index contributed by atoms with van der Waals surface area (Å²) in [5, 5.41) is 7.08. The zero-order valence-corrected chi connectivity index (χ0v) is 14.2. The van der Waals surface area contributed by atoms with Gasteiger partial charge in [-0.2, -0.15) is 5.10 Å². The maximum Gasteiger partial charge on any atom is 0.118 e. The van der Waals surface area contributed by atoms with Crippen LogP contribution in [0.15, 0.2) is 90.0 Å². The summed E-state index contributed by atoms with van der Waals surface area (Å²) in [5.41, 5.74) is 4.64. The van der Waals surface area contributed by atoms with Gasteiger partial charge >= 0.3 is 0 Å². The Kier molecular flexibility index (Phi) is 4.21. The average molecular weight is 328 g/mol. The number of nitrogens with zero attached hydrogens (tertiary/aromatic N) is 2. The summed E-state index contributed by atoms with van der Waals surface area (Å²) in [5.74, 6) is 0.872. The first-order valence-electron chi connectivity index (χ1n) is 8.46. The molecule has 124 valence electrons. The molecule has 1 atom stereocenters. The van der Waals surface area contributed by atoms with Crippen molar-refractivity contribution in [2.45, 2.75) is 12.5 Å². The third-order valence-corrected chi connectivity index (χ3v) is 4.54. The largest absolute Gasteiger partial charge is 0.497 e. The van der Waals surface area contributed by atoms with E-state index in [9.17, 15) is 0 Å². The van der Waals surface area contributed by atoms with Gasteiger partial charge in [0.05, 0.1) is 24.6 Å². The molecule has 0 saturated carbocycles. The van der Waals surface area contributed by atoms with Crippen LogP contribution in [0.3, 0.4) is 0 Å². The smallest absolute Gasteiger partial charge is 0.118 e. The first-order chi connectivity index (χ1) is 12.3. The molecule has 25 heavy (non-hydrogen) atoms. The molecule has 0 saturated heterocycles. The number of para-hydroxylation sites is 1. The molecular weight excluding hydrogens is 308 g/mol. The van der Waals surface area contributed by atoms with E-state index in [1.54, 1.807) is 7.11 Å². The van der Waals surface area contributed by atoms with E-state index in [2.05, 4.69) is 65.7 Å². The van der Waals surface area contributed by atoms with E-state index in [1.165, 1.54) is 11.1 Å². The first kappa shape index (κ1) is 15.5. The van der Waals surface area contributed by atoms with Crippen molar-refractivity contribution in [1.82, 2.24) is 0 Å². The lowest BCUT2D eigenvalue weighted by Gasteiger charge is -2.24. The molecule has 3 aromatic rings. The monoisotopic (exact) mass is 328 g/mol. The molecule has 3 aromatic carbocycles. The molecule has 1 aliphatic rings. The topological polar surface area (TPSA) is 24.8 Å². The highest BCUT2D eigenvalue weighted by Crippen LogP contribution is 2.36. The molecule has 0 fully saturated rings. The van der Waals surface area contributed by atoms with Crippen LogP contribution in [0, 0.1) is 0 Å². The quantitative estimate of drug-likeness (QED) is 0.669. The number of hydrazone groups is 1. The number of rotatable bonds is 4. The molecule has 3 nitrogen and oxygen atoms in total. The van der Waals surface area contributed by atoms with Crippen molar-refractivity contribution >= 4 is 11.4 Å². The van der Waals surface area contributed by atoms with E-state index >= 15 is 0 Å². The maximum atomic E-state index is 5.29. The van der Waals surface area contributed by atoms with Crippen LogP contribution >= 0.6 is 0 Å². The van der Waals surface area contributed by atoms with Crippen LogP contribution in [-0.2, 0) is 0 Å². The fourth-order valence-electron chi connectivity index (χ4n) is 3.22. The van der Waals surface area contributed by atoms with Crippen LogP contribution in [0.2, 0.25) is 0 Å². The summed E-state index contributed by atoms with van der Waals surface area (Å²) in [7, 11) is 1.69. The molecular formula is C22H20N2O. The number of hydrogen-bond acceptors (Lipinski definition) is 3. The van der Waals surface area contributed by atoms with Crippen molar-refractivity contribution in [3.63, 3.8) is 0 Å². The Bertz CT molecular complexity index is 858. The Labute approximate surface area is 148 Å². The standard InChI is InChI=1S/C22H20N2O/c1-25-20-14-12-18(13-15-20)22-16-21(17-8-4-2-5-9-17)23-24(22)19-10-6-3-7-11-19/h2-15,22H,16H2,1H3/t22-/m1/s1. The summed E-state index contributed by atoms with van der Waals surface area (Å²) >= 11 is 0. The van der Waals surface area contributed by atoms with E-state index in [0.29, 0.717) is 0 Å². The number of methoxy groups -OCH3 is 1. The van der Waals surface area contributed by atoms with Gasteiger partial charge in [0.2, 0.25) is 0 Å². The Morgan fingerprint density at radius 2 is 1.48 bits per heavy atom. The number of benzene rings is 3. The molecule has 0 radical (unpaired) electrons. The number of hydrogen-bond donors (Lipinski definition) is 0. The van der Waals surface area contributed by atoms with Gasteiger partial charge in [-0.05, 0) is 35.4 Å². The Morgan fingerprint density at radius 1 is 0.840 bits per heavy atom. The van der Waals surface area contributed by atoms with Crippen molar-refractivity contribution in [1.29, 1.82) is 0 Å². The number of ether oxygens (including phenoxy) is 1. The molecule has 0 unspecified atom stereocenters.